The first-order valence-corrected chi connectivity index (χ1v) is 48.6. The molecule has 2 bridgehead atoms. The van der Waals surface area contributed by atoms with Gasteiger partial charge < -0.3 is 61.6 Å². The number of fused-ring (bicyclic) bond motifs is 5. The molecule has 37 nitrogen and oxygen atoms in total. The molecule has 714 valence electrons. The first-order valence-electron chi connectivity index (χ1n) is 43.0. The number of methoxy groups -OCH3 is 1. The summed E-state index contributed by atoms with van der Waals surface area (Å²) in [6, 6.07) is 38.5. The summed E-state index contributed by atoms with van der Waals surface area (Å²) in [5.41, 5.74) is 10.2. The third-order valence-electron chi connectivity index (χ3n) is 21.7. The quantitative estimate of drug-likeness (QED) is 0.0168. The van der Waals surface area contributed by atoms with Crippen molar-refractivity contribution in [1.82, 2.24) is 101 Å². The monoisotopic (exact) mass is 2000 g/mol. The van der Waals surface area contributed by atoms with Gasteiger partial charge in [0.15, 0.2) is 99.5 Å². The molecule has 44 heteroatoms. The first-order chi connectivity index (χ1) is 66.9. The standard InChI is InChI=1S/C20H19N5O3S.C20H21N5O2S.C19H16ClN5O.C18H15N5O3S.C17H13ClN6O2S2.7H2/c1-3-11-10-21-19(15-8-7-14(29-15)17(26)20(27)28-4-2)23-18(11)22-16-9-13(24-25-16)12-5-6-12;1-3-12-11-21-20(17-7-6-16(28-17)15(26)8-9-27-2)23-19(12)22-18-10-14(24-25-18)13-4-5-13;20-14-9-21-17-12-4-2-1-3-11(12)15(26)8-7-13-16(10-5-6-10)24-25-18(13)23-19(14)22-17;1-2-9-8-19-17(13-6-5-12(27-13)15(24)18(25)26)21-16(9)20-14-7-11(22-23-14)10-3-4-10;18-11-9-20-17(13-6-7-15(27-13)28(19,25)26)22-16(11)21-14-8-12(23-24-14)10-4-2-1-3-5-10;;;;;;;/h1,7-10,12,17,26H,4-6H2,2H3,(H2,21,22,23,24,25);1,6-7,10-11,13,15,26H,4-5,8-9H2,2H3,(H2,21,22,23,24,25);1-4,7-10,15,26H,5-6H2,(H2,21,22,23,24,25);1,5-8,10,15,24H,3-4H2,(H,25,26)(H2,19,20,21,22,23);1-9H,(H2,19,25,26)(H2,20,21,22,23,24);7*1H/b;;8-7-;;;;;;;;;. The smallest absolute Gasteiger partial charge is 0.340 e. The minimum Gasteiger partial charge on any atom is -0.479 e. The van der Waals surface area contributed by atoms with Gasteiger partial charge in [-0.1, -0.05) is 108 Å². The number of nitrogens with one attached hydrogen (secondary N) is 10. The maximum atomic E-state index is 11.7. The van der Waals surface area contributed by atoms with E-state index in [9.17, 15) is 38.4 Å². The minimum absolute atomic E-state index is 0. The normalized spacial score (nSPS) is 14.8. The van der Waals surface area contributed by atoms with E-state index in [1.807, 2.05) is 97.1 Å². The summed E-state index contributed by atoms with van der Waals surface area (Å²) in [5.74, 6) is 15.5. The van der Waals surface area contributed by atoms with Crippen LogP contribution in [0.25, 0.3) is 71.5 Å². The van der Waals surface area contributed by atoms with Crippen molar-refractivity contribution in [2.45, 2.75) is 117 Å². The van der Waals surface area contributed by atoms with Crippen LogP contribution in [0.5, 0.6) is 0 Å². The number of carboxylic acid groups (broad SMARTS) is 1. The molecular weight excluding hydrogens is 1900 g/mol. The Morgan fingerprint density at radius 2 is 0.993 bits per heavy atom. The van der Waals surface area contributed by atoms with E-state index in [2.05, 4.69) is 145 Å². The number of anilines is 10. The van der Waals surface area contributed by atoms with Crippen molar-refractivity contribution in [2.75, 3.05) is 46.9 Å². The number of sulfonamides is 1. The van der Waals surface area contributed by atoms with E-state index in [0.717, 1.165) is 109 Å². The van der Waals surface area contributed by atoms with E-state index in [1.165, 1.54) is 66.8 Å². The predicted molar refractivity (Wildman–Crippen MR) is 541 cm³/mol. The number of halogens is 2. The number of aliphatic hydroxyl groups is 4. The zero-order chi connectivity index (χ0) is 96.3. The number of nitrogens with zero attached hydrogens (tertiary/aromatic N) is 15. The molecule has 14 aromatic heterocycles. The molecule has 0 radical (unpaired) electrons. The van der Waals surface area contributed by atoms with Gasteiger partial charge in [-0.3, -0.25) is 25.5 Å². The fraction of sp³-hybridized carbons (Fsp3) is 0.223. The third-order valence-corrected chi connectivity index (χ3v) is 28.2. The van der Waals surface area contributed by atoms with Crippen LogP contribution in [0.4, 0.5) is 58.2 Å². The number of nitrogens with two attached hydrogens (primary N) is 1. The number of carbonyl (C=O) groups is 2. The van der Waals surface area contributed by atoms with Gasteiger partial charge in [-0.2, -0.15) is 25.5 Å². The molecule has 21 rings (SSSR count). The Morgan fingerprint density at radius 1 is 0.536 bits per heavy atom. The second-order valence-electron chi connectivity index (χ2n) is 31.7. The molecule has 138 heavy (non-hydrogen) atoms. The number of primary sulfonamides is 1. The Bertz CT molecular complexity index is 7440. The van der Waals surface area contributed by atoms with Crippen molar-refractivity contribution >= 4 is 155 Å². The number of rotatable bonds is 27. The van der Waals surface area contributed by atoms with E-state index in [4.69, 9.17) is 62.2 Å². The highest BCUT2D eigenvalue weighted by atomic mass is 35.5. The van der Waals surface area contributed by atoms with Gasteiger partial charge in [0.05, 0.1) is 73.1 Å². The summed E-state index contributed by atoms with van der Waals surface area (Å²) in [4.78, 5) is 71.0. The summed E-state index contributed by atoms with van der Waals surface area (Å²) in [5, 5.41) is 108. The minimum atomic E-state index is -3.77. The van der Waals surface area contributed by atoms with Crippen LogP contribution in [0.2, 0.25) is 10.0 Å². The summed E-state index contributed by atoms with van der Waals surface area (Å²) in [6.45, 7) is 2.39. The third kappa shape index (κ3) is 23.3. The van der Waals surface area contributed by atoms with E-state index < -0.39 is 46.4 Å². The number of benzene rings is 2. The van der Waals surface area contributed by atoms with Gasteiger partial charge in [0, 0.05) is 145 Å². The maximum absolute atomic E-state index is 11.7. The van der Waals surface area contributed by atoms with E-state index in [1.54, 1.807) is 69.0 Å². The van der Waals surface area contributed by atoms with Crippen molar-refractivity contribution in [2.24, 2.45) is 5.14 Å². The first kappa shape index (κ1) is 95.1. The zero-order valence-corrected chi connectivity index (χ0v) is 78.7. The highest BCUT2D eigenvalue weighted by Gasteiger charge is 2.33. The molecule has 1 aliphatic heterocycles. The molecule has 4 atom stereocenters. The Hall–Kier alpha value is -14.7. The molecule has 0 spiro atoms. The number of aromatic nitrogens is 20. The van der Waals surface area contributed by atoms with Gasteiger partial charge in [0.25, 0.3) is 0 Å². The van der Waals surface area contributed by atoms with Gasteiger partial charge in [-0.05, 0) is 118 Å². The molecular formula is C94H98Cl2N26O11S5. The molecule has 4 aliphatic carbocycles. The topological polar surface area (TPSA) is 546 Å². The molecule has 4 unspecified atom stereocenters. The number of aliphatic hydroxyl groups excluding tert-OH is 4. The van der Waals surface area contributed by atoms with Gasteiger partial charge in [-0.25, -0.2) is 73.0 Å². The number of carbonyl (C=O) groups excluding carboxylic acids is 1. The van der Waals surface area contributed by atoms with Crippen LogP contribution in [-0.4, -0.2) is 167 Å². The van der Waals surface area contributed by atoms with Crippen LogP contribution >= 0.6 is 68.5 Å². The Balaban J connectivity index is 0.000000184. The lowest BCUT2D eigenvalue weighted by molar-refractivity contribution is -0.153. The van der Waals surface area contributed by atoms with Crippen molar-refractivity contribution < 1.29 is 63.0 Å². The van der Waals surface area contributed by atoms with Crippen LogP contribution in [0.3, 0.4) is 0 Å². The lowest BCUT2D eigenvalue weighted by atomic mass is 10.0. The van der Waals surface area contributed by atoms with Crippen LogP contribution < -0.4 is 31.7 Å². The average molecular weight is 2000 g/mol. The molecule has 15 heterocycles. The number of aliphatic carboxylic acids is 1. The largest absolute Gasteiger partial charge is 0.479 e. The lowest BCUT2D eigenvalue weighted by Crippen LogP contribution is -2.14. The van der Waals surface area contributed by atoms with Crippen molar-refractivity contribution in [3.05, 3.63) is 240 Å². The van der Waals surface area contributed by atoms with Crippen molar-refractivity contribution in [3.8, 4) is 102 Å². The van der Waals surface area contributed by atoms with Crippen LogP contribution in [-0.2, 0) is 29.1 Å². The molecule has 0 amide bonds. The second-order valence-corrected chi connectivity index (χ2v) is 38.7. The van der Waals surface area contributed by atoms with Crippen LogP contribution in [0, 0.1) is 37.0 Å². The van der Waals surface area contributed by atoms with E-state index >= 15 is 0 Å². The predicted octanol–water partition coefficient (Wildman–Crippen LogP) is 18.9. The van der Waals surface area contributed by atoms with Gasteiger partial charge in [-0.15, -0.1) is 64.6 Å². The number of carboxylic acids is 1. The molecule has 17 N–H and O–H groups in total. The van der Waals surface area contributed by atoms with Crippen LogP contribution in [0.15, 0.2) is 169 Å². The Labute approximate surface area is 824 Å². The number of terminal acetylenes is 3. The number of aromatic amines is 5. The fourth-order valence-electron chi connectivity index (χ4n) is 13.9. The average Bonchev–Trinajstić information content (AvgIpc) is 1.23. The highest BCUT2D eigenvalue weighted by Crippen LogP contribution is 2.47. The van der Waals surface area contributed by atoms with Crippen LogP contribution in [0.1, 0.15) is 188 Å². The Kier molecular flexibility index (Phi) is 29.4. The molecule has 4 saturated carbocycles. The number of H-pyrrole nitrogens is 5. The maximum Gasteiger partial charge on any atom is 0.340 e. The summed E-state index contributed by atoms with van der Waals surface area (Å²) < 4.78 is 32.8. The number of hydrogen-bond donors (Lipinski definition) is 16. The van der Waals surface area contributed by atoms with Gasteiger partial charge >= 0.3 is 11.9 Å². The summed E-state index contributed by atoms with van der Waals surface area (Å²) in [7, 11) is -2.15. The molecule has 0 saturated heterocycles. The van der Waals surface area contributed by atoms with Crippen molar-refractivity contribution in [3.63, 3.8) is 0 Å². The second kappa shape index (κ2) is 42.7. The van der Waals surface area contributed by atoms with Gasteiger partial charge in [0.1, 0.15) is 14.3 Å². The Morgan fingerprint density at radius 3 is 1.50 bits per heavy atom. The molecule has 5 aliphatic rings. The number of esters is 1. The van der Waals surface area contributed by atoms with Gasteiger partial charge in [0.2, 0.25) is 10.0 Å². The lowest BCUT2D eigenvalue weighted by Gasteiger charge is -2.12. The summed E-state index contributed by atoms with van der Waals surface area (Å²) in [6.07, 6.45) is 33.8. The van der Waals surface area contributed by atoms with E-state index in [-0.39, 0.29) is 20.8 Å². The number of hydrogen-bond acceptors (Lipinski definition) is 34. The summed E-state index contributed by atoms with van der Waals surface area (Å²) >= 11 is 17.3. The van der Waals surface area contributed by atoms with Crippen molar-refractivity contribution in [1.29, 1.82) is 0 Å². The fourth-order valence-corrected chi connectivity index (χ4v) is 18.7. The molecule has 4 fully saturated rings. The SMILES string of the molecule is C#Cc1cnc(-c2ccc(C(O)C(=O)O)s2)nc1Nc1cc(C2CC2)[nH]n1.C#Cc1cnc(-c2ccc(C(O)C(=O)OCC)s2)nc1Nc1cc(C2CC2)[nH]n1.C#Cc1cnc(-c2ccc(C(O)CCOC)s2)nc1Nc1cc(C2CC2)[nH]n1.NS(=O)(=O)c1ccc(-c2ncc(Cl)c(Nc3cc(-c4ccccc4)[nH]n3)n2)s1.OC1/C=C\c2c(n[nH]c2C2CC2)Nc2nc(ncc2Cl)-c2ccccc21.[HH].[HH].[HH].[HH].[HH].[HH].[HH]. The van der Waals surface area contributed by atoms with E-state index in [0.29, 0.717) is 175 Å². The highest BCUT2D eigenvalue weighted by molar-refractivity contribution is 7.91. The molecule has 2 aromatic carbocycles. The molecule has 16 aromatic rings. The zero-order valence-electron chi connectivity index (χ0n) is 73.1. The number of thiophene rings is 4. The number of ether oxygens (including phenoxy) is 2.